The molecule has 4 rings (SSSR count). The second-order valence-electron chi connectivity index (χ2n) is 7.34. The summed E-state index contributed by atoms with van der Waals surface area (Å²) in [5.74, 6) is -1.66. The summed E-state index contributed by atoms with van der Waals surface area (Å²) in [4.78, 5) is 36.1. The fourth-order valence-corrected chi connectivity index (χ4v) is 4.07. The lowest BCUT2D eigenvalue weighted by atomic mass is 9.75. The molecule has 0 bridgehead atoms. The number of pyridine rings is 1. The maximum absolute atomic E-state index is 14.8. The van der Waals surface area contributed by atoms with Crippen molar-refractivity contribution in [2.75, 3.05) is 16.8 Å². The largest absolute Gasteiger partial charge is 0.360 e. The first-order valence-corrected chi connectivity index (χ1v) is 9.28. The number of halogens is 1. The molecule has 152 valence electrons. The standard InChI is InChI=1S/C22H20FN5O2/c1-13-10-16(12-26-19(13)24-3)27-14(2)28(22(21(27)30)8-5-9-22)15-6-7-17(18(23)11-15)20(29)25-4/h6-7,10-12H,2,5,8-9H2,1,4H3,(H,25,29)/i4D3. The van der Waals surface area contributed by atoms with E-state index in [1.807, 2.05) is 0 Å². The van der Waals surface area contributed by atoms with Gasteiger partial charge in [0.15, 0.2) is 0 Å². The van der Waals surface area contributed by atoms with Crippen LogP contribution in [0, 0.1) is 19.3 Å². The van der Waals surface area contributed by atoms with Crippen LogP contribution in [0.5, 0.6) is 0 Å². The summed E-state index contributed by atoms with van der Waals surface area (Å²) in [5, 5.41) is 1.76. The molecule has 1 aromatic carbocycles. The number of nitrogens with zero attached hydrogens (tertiary/aromatic N) is 4. The molecule has 1 aliphatic carbocycles. The number of aryl methyl sites for hydroxylation is 1. The minimum Gasteiger partial charge on any atom is -0.360 e. The summed E-state index contributed by atoms with van der Waals surface area (Å²) < 4.78 is 36.2. The van der Waals surface area contributed by atoms with Gasteiger partial charge >= 0.3 is 0 Å². The number of anilines is 2. The summed E-state index contributed by atoms with van der Waals surface area (Å²) in [7, 11) is 0. The number of rotatable bonds is 3. The summed E-state index contributed by atoms with van der Waals surface area (Å²) in [6, 6.07) is 5.43. The van der Waals surface area contributed by atoms with Crippen LogP contribution < -0.4 is 15.1 Å². The van der Waals surface area contributed by atoms with Crippen LogP contribution in [0.3, 0.4) is 0 Å². The molecule has 1 saturated carbocycles. The van der Waals surface area contributed by atoms with Crippen LogP contribution in [-0.2, 0) is 4.79 Å². The Morgan fingerprint density at radius 2 is 2.17 bits per heavy atom. The first kappa shape index (κ1) is 16.1. The van der Waals surface area contributed by atoms with E-state index in [2.05, 4.69) is 16.4 Å². The molecule has 7 nitrogen and oxygen atoms in total. The quantitative estimate of drug-likeness (QED) is 0.787. The van der Waals surface area contributed by atoms with E-state index in [-0.39, 0.29) is 11.7 Å². The van der Waals surface area contributed by atoms with Gasteiger partial charge in [-0.05, 0) is 56.0 Å². The van der Waals surface area contributed by atoms with Gasteiger partial charge in [0.05, 0.1) is 11.3 Å². The molecule has 1 saturated heterocycles. The highest BCUT2D eigenvalue weighted by molar-refractivity contribution is 6.11. The van der Waals surface area contributed by atoms with Gasteiger partial charge in [-0.15, -0.1) is 4.98 Å². The van der Waals surface area contributed by atoms with Crippen LogP contribution >= 0.6 is 0 Å². The molecule has 1 aliphatic heterocycles. The fourth-order valence-electron chi connectivity index (χ4n) is 4.07. The van der Waals surface area contributed by atoms with Crippen molar-refractivity contribution in [1.29, 1.82) is 0 Å². The Morgan fingerprint density at radius 3 is 2.73 bits per heavy atom. The monoisotopic (exact) mass is 408 g/mol. The third-order valence-corrected chi connectivity index (χ3v) is 5.70. The molecule has 0 radical (unpaired) electrons. The van der Waals surface area contributed by atoms with Crippen LogP contribution in [-0.4, -0.2) is 29.3 Å². The minimum absolute atomic E-state index is 0.222. The summed E-state index contributed by atoms with van der Waals surface area (Å²) >= 11 is 0. The van der Waals surface area contributed by atoms with Crippen LogP contribution in [0.4, 0.5) is 21.6 Å². The van der Waals surface area contributed by atoms with Gasteiger partial charge in [-0.3, -0.25) is 14.5 Å². The number of carbonyl (C=O) groups excluding carboxylic acids is 2. The van der Waals surface area contributed by atoms with Gasteiger partial charge in [0, 0.05) is 16.8 Å². The summed E-state index contributed by atoms with van der Waals surface area (Å²) in [6.45, 7) is 10.2. The minimum atomic E-state index is -2.75. The number of aromatic nitrogens is 1. The van der Waals surface area contributed by atoms with E-state index in [1.54, 1.807) is 23.2 Å². The van der Waals surface area contributed by atoms with Crippen LogP contribution in [0.2, 0.25) is 0 Å². The van der Waals surface area contributed by atoms with E-state index in [9.17, 15) is 14.0 Å². The predicted octanol–water partition coefficient (Wildman–Crippen LogP) is 3.69. The SMILES string of the molecule is [2H]C([2H])([2H])NC(=O)c1ccc(N2C(=C)N(c3cnc([N+]#[C-])c(C)c3)C(=O)C23CCC3)cc1F. The van der Waals surface area contributed by atoms with Crippen molar-refractivity contribution in [3.63, 3.8) is 0 Å². The van der Waals surface area contributed by atoms with Crippen molar-refractivity contribution in [3.05, 3.63) is 71.2 Å². The topological polar surface area (TPSA) is 69.9 Å². The lowest BCUT2D eigenvalue weighted by Gasteiger charge is -2.43. The molecule has 2 aromatic rings. The molecule has 2 fully saturated rings. The van der Waals surface area contributed by atoms with E-state index in [4.69, 9.17) is 10.7 Å². The Labute approximate surface area is 177 Å². The van der Waals surface area contributed by atoms with Crippen molar-refractivity contribution in [3.8, 4) is 0 Å². The van der Waals surface area contributed by atoms with E-state index in [0.717, 1.165) is 12.5 Å². The molecule has 30 heavy (non-hydrogen) atoms. The zero-order valence-electron chi connectivity index (χ0n) is 19.2. The van der Waals surface area contributed by atoms with Crippen molar-refractivity contribution >= 4 is 29.0 Å². The van der Waals surface area contributed by atoms with E-state index in [0.29, 0.717) is 35.6 Å². The third-order valence-electron chi connectivity index (χ3n) is 5.70. The van der Waals surface area contributed by atoms with Crippen molar-refractivity contribution in [2.45, 2.75) is 31.7 Å². The number of hydrogen-bond acceptors (Lipinski definition) is 4. The smallest absolute Gasteiger partial charge is 0.272 e. The Kier molecular flexibility index (Phi) is 3.73. The number of benzene rings is 1. The Bertz CT molecular complexity index is 1230. The lowest BCUT2D eigenvalue weighted by Crippen LogP contribution is -2.54. The lowest BCUT2D eigenvalue weighted by molar-refractivity contribution is -0.124. The molecule has 0 unspecified atom stereocenters. The molecule has 2 heterocycles. The molecule has 1 N–H and O–H groups in total. The van der Waals surface area contributed by atoms with Gasteiger partial charge in [0.2, 0.25) is 0 Å². The number of amides is 2. The second-order valence-corrected chi connectivity index (χ2v) is 7.34. The van der Waals surface area contributed by atoms with Gasteiger partial charge in [-0.1, -0.05) is 13.2 Å². The van der Waals surface area contributed by atoms with Crippen LogP contribution in [0.15, 0.2) is 42.9 Å². The molecule has 2 amide bonds. The zero-order chi connectivity index (χ0) is 24.1. The fraction of sp³-hybridized carbons (Fsp3) is 0.273. The molecule has 1 aromatic heterocycles. The van der Waals surface area contributed by atoms with Crippen molar-refractivity contribution in [1.82, 2.24) is 10.3 Å². The van der Waals surface area contributed by atoms with Gasteiger partial charge in [-0.25, -0.2) is 4.39 Å². The van der Waals surface area contributed by atoms with Gasteiger partial charge in [-0.2, -0.15) is 0 Å². The van der Waals surface area contributed by atoms with Gasteiger partial charge < -0.3 is 15.1 Å². The van der Waals surface area contributed by atoms with E-state index < -0.39 is 29.8 Å². The third kappa shape index (κ3) is 2.66. The first-order valence-electron chi connectivity index (χ1n) is 10.8. The molecular formula is C22H20FN5O2. The normalized spacial score (nSPS) is 19.0. The summed E-state index contributed by atoms with van der Waals surface area (Å²) in [6.07, 6.45) is 3.31. The highest BCUT2D eigenvalue weighted by Gasteiger charge is 2.59. The summed E-state index contributed by atoms with van der Waals surface area (Å²) in [5.41, 5.74) is 0.0389. The number of nitrogens with one attached hydrogen (secondary N) is 1. The Balaban J connectivity index is 1.72. The average molecular weight is 408 g/mol. The Hall–Kier alpha value is -3.73. The van der Waals surface area contributed by atoms with Crippen LogP contribution in [0.25, 0.3) is 4.85 Å². The average Bonchev–Trinajstić information content (AvgIpc) is 2.93. The predicted molar refractivity (Wildman–Crippen MR) is 111 cm³/mol. The highest BCUT2D eigenvalue weighted by atomic mass is 19.1. The van der Waals surface area contributed by atoms with E-state index in [1.165, 1.54) is 23.2 Å². The van der Waals surface area contributed by atoms with E-state index >= 15 is 0 Å². The molecule has 0 atom stereocenters. The van der Waals surface area contributed by atoms with Gasteiger partial charge in [0.1, 0.15) is 23.4 Å². The van der Waals surface area contributed by atoms with Gasteiger partial charge in [0.25, 0.3) is 17.6 Å². The zero-order valence-corrected chi connectivity index (χ0v) is 16.2. The number of carbonyl (C=O) groups is 2. The second kappa shape index (κ2) is 6.95. The van der Waals surface area contributed by atoms with Crippen molar-refractivity contribution < 1.29 is 18.1 Å². The van der Waals surface area contributed by atoms with Crippen LogP contribution in [0.1, 0.15) is 39.3 Å². The molecule has 8 heteroatoms. The maximum Gasteiger partial charge on any atom is 0.272 e. The first-order chi connectivity index (χ1) is 15.5. The maximum atomic E-state index is 14.8. The molecular weight excluding hydrogens is 385 g/mol. The number of hydrogen-bond donors (Lipinski definition) is 1. The molecule has 2 aliphatic rings. The molecule has 1 spiro atoms. The Morgan fingerprint density at radius 1 is 1.40 bits per heavy atom. The highest BCUT2D eigenvalue weighted by Crippen LogP contribution is 2.50. The van der Waals surface area contributed by atoms with Crippen molar-refractivity contribution in [2.24, 2.45) is 0 Å².